The Labute approximate surface area is 113 Å². The van der Waals surface area contributed by atoms with E-state index in [1.54, 1.807) is 23.1 Å². The van der Waals surface area contributed by atoms with Gasteiger partial charge in [-0.1, -0.05) is 11.8 Å². The van der Waals surface area contributed by atoms with Gasteiger partial charge in [0.25, 0.3) is 0 Å². The molecule has 0 saturated heterocycles. The van der Waals surface area contributed by atoms with Crippen molar-refractivity contribution < 1.29 is 0 Å². The number of nitrogens with zero attached hydrogens (tertiary/aromatic N) is 2. The molecular weight excluding hydrogens is 262 g/mol. The SMILES string of the molecule is Nc1ccc2nc(SCc3ccncc3)sc2c1. The van der Waals surface area contributed by atoms with Crippen molar-refractivity contribution in [1.82, 2.24) is 9.97 Å². The molecule has 90 valence electrons. The van der Waals surface area contributed by atoms with Crippen LogP contribution < -0.4 is 5.73 Å². The molecule has 0 radical (unpaired) electrons. The van der Waals surface area contributed by atoms with Crippen molar-refractivity contribution in [3.8, 4) is 0 Å². The minimum Gasteiger partial charge on any atom is -0.399 e. The Morgan fingerprint density at radius 3 is 2.83 bits per heavy atom. The molecule has 0 aliphatic carbocycles. The van der Waals surface area contributed by atoms with Crippen molar-refractivity contribution in [3.05, 3.63) is 48.3 Å². The number of hydrogen-bond acceptors (Lipinski definition) is 5. The smallest absolute Gasteiger partial charge is 0.151 e. The van der Waals surface area contributed by atoms with E-state index in [1.165, 1.54) is 5.56 Å². The predicted octanol–water partition coefficient (Wildman–Crippen LogP) is 3.57. The van der Waals surface area contributed by atoms with Crippen molar-refractivity contribution in [3.63, 3.8) is 0 Å². The first-order valence-electron chi connectivity index (χ1n) is 5.49. The second-order valence-corrected chi connectivity index (χ2v) is 6.10. The second-order valence-electron chi connectivity index (χ2n) is 3.85. The summed E-state index contributed by atoms with van der Waals surface area (Å²) < 4.78 is 2.22. The molecular formula is C13H11N3S2. The highest BCUT2D eigenvalue weighted by Gasteiger charge is 2.05. The highest BCUT2D eigenvalue weighted by atomic mass is 32.2. The van der Waals surface area contributed by atoms with Crippen LogP contribution in [0.15, 0.2) is 47.1 Å². The van der Waals surface area contributed by atoms with Crippen LogP contribution in [0, 0.1) is 0 Å². The summed E-state index contributed by atoms with van der Waals surface area (Å²) in [5.41, 5.74) is 8.83. The zero-order chi connectivity index (χ0) is 12.4. The lowest BCUT2D eigenvalue weighted by Gasteiger charge is -1.96. The fraction of sp³-hybridized carbons (Fsp3) is 0.0769. The molecule has 0 aliphatic rings. The summed E-state index contributed by atoms with van der Waals surface area (Å²) in [5.74, 6) is 0.915. The highest BCUT2D eigenvalue weighted by Crippen LogP contribution is 2.32. The molecule has 2 aromatic heterocycles. The number of anilines is 1. The van der Waals surface area contributed by atoms with Crippen LogP contribution >= 0.6 is 23.1 Å². The van der Waals surface area contributed by atoms with E-state index in [-0.39, 0.29) is 0 Å². The van der Waals surface area contributed by atoms with Gasteiger partial charge in [0.2, 0.25) is 0 Å². The maximum Gasteiger partial charge on any atom is 0.151 e. The number of nitrogens with two attached hydrogens (primary N) is 1. The molecule has 3 nitrogen and oxygen atoms in total. The van der Waals surface area contributed by atoms with Crippen LogP contribution in [0.4, 0.5) is 5.69 Å². The molecule has 1 aromatic carbocycles. The average Bonchev–Trinajstić information content (AvgIpc) is 2.79. The van der Waals surface area contributed by atoms with Crippen LogP contribution in [0.25, 0.3) is 10.2 Å². The third-order valence-electron chi connectivity index (χ3n) is 2.50. The summed E-state index contributed by atoms with van der Waals surface area (Å²) in [7, 11) is 0. The van der Waals surface area contributed by atoms with Gasteiger partial charge in [0, 0.05) is 23.8 Å². The molecule has 0 spiro atoms. The third-order valence-corrected chi connectivity index (χ3v) is 4.74. The van der Waals surface area contributed by atoms with Crippen molar-refractivity contribution in [2.45, 2.75) is 10.1 Å². The number of pyridine rings is 1. The monoisotopic (exact) mass is 273 g/mol. The van der Waals surface area contributed by atoms with Crippen molar-refractivity contribution in [2.75, 3.05) is 5.73 Å². The molecule has 3 rings (SSSR count). The normalized spacial score (nSPS) is 10.9. The van der Waals surface area contributed by atoms with Crippen molar-refractivity contribution in [2.24, 2.45) is 0 Å². The van der Waals surface area contributed by atoms with E-state index in [0.717, 1.165) is 26.0 Å². The molecule has 0 fully saturated rings. The van der Waals surface area contributed by atoms with Gasteiger partial charge >= 0.3 is 0 Å². The first-order valence-corrected chi connectivity index (χ1v) is 7.29. The van der Waals surface area contributed by atoms with Gasteiger partial charge in [0.15, 0.2) is 4.34 Å². The van der Waals surface area contributed by atoms with E-state index in [0.29, 0.717) is 0 Å². The van der Waals surface area contributed by atoms with Gasteiger partial charge in [0.1, 0.15) is 0 Å². The van der Waals surface area contributed by atoms with E-state index >= 15 is 0 Å². The van der Waals surface area contributed by atoms with Crippen LogP contribution in [0.5, 0.6) is 0 Å². The van der Waals surface area contributed by atoms with E-state index in [4.69, 9.17) is 5.73 Å². The number of aromatic nitrogens is 2. The zero-order valence-electron chi connectivity index (χ0n) is 9.54. The van der Waals surface area contributed by atoms with E-state index in [9.17, 15) is 0 Å². The van der Waals surface area contributed by atoms with E-state index < -0.39 is 0 Å². The van der Waals surface area contributed by atoms with Crippen LogP contribution in [-0.4, -0.2) is 9.97 Å². The fourth-order valence-corrected chi connectivity index (χ4v) is 3.68. The molecule has 0 atom stereocenters. The van der Waals surface area contributed by atoms with Gasteiger partial charge in [0.05, 0.1) is 10.2 Å². The third kappa shape index (κ3) is 2.47. The van der Waals surface area contributed by atoms with Crippen LogP contribution in [0.1, 0.15) is 5.56 Å². The lowest BCUT2D eigenvalue weighted by molar-refractivity contribution is 1.26. The molecule has 0 unspecified atom stereocenters. The molecule has 0 amide bonds. The number of rotatable bonds is 3. The number of hydrogen-bond donors (Lipinski definition) is 1. The molecule has 5 heteroatoms. The number of fused-ring (bicyclic) bond motifs is 1. The Hall–Kier alpha value is -1.59. The molecule has 0 bridgehead atoms. The molecule has 2 heterocycles. The maximum atomic E-state index is 5.76. The quantitative estimate of drug-likeness (QED) is 0.585. The summed E-state index contributed by atoms with van der Waals surface area (Å²) in [5, 5.41) is 0. The van der Waals surface area contributed by atoms with Crippen LogP contribution in [0.3, 0.4) is 0 Å². The molecule has 0 saturated carbocycles. The van der Waals surface area contributed by atoms with Crippen molar-refractivity contribution >= 4 is 39.0 Å². The average molecular weight is 273 g/mol. The largest absolute Gasteiger partial charge is 0.399 e. The van der Waals surface area contributed by atoms with E-state index in [2.05, 4.69) is 9.97 Å². The topological polar surface area (TPSA) is 51.8 Å². The predicted molar refractivity (Wildman–Crippen MR) is 77.8 cm³/mol. The van der Waals surface area contributed by atoms with Gasteiger partial charge in [-0.05, 0) is 35.9 Å². The lowest BCUT2D eigenvalue weighted by Crippen LogP contribution is -1.81. The number of thioether (sulfide) groups is 1. The maximum absolute atomic E-state index is 5.76. The first-order chi connectivity index (χ1) is 8.81. The molecule has 0 aliphatic heterocycles. The Balaban J connectivity index is 1.79. The van der Waals surface area contributed by atoms with Gasteiger partial charge in [-0.2, -0.15) is 0 Å². The Morgan fingerprint density at radius 2 is 2.00 bits per heavy atom. The Bertz CT molecular complexity index is 664. The fourth-order valence-electron chi connectivity index (χ4n) is 1.61. The van der Waals surface area contributed by atoms with Gasteiger partial charge in [-0.15, -0.1) is 11.3 Å². The second kappa shape index (κ2) is 4.96. The highest BCUT2D eigenvalue weighted by molar-refractivity contribution is 8.00. The molecule has 3 aromatic rings. The van der Waals surface area contributed by atoms with Gasteiger partial charge < -0.3 is 5.73 Å². The summed E-state index contributed by atoms with van der Waals surface area (Å²) in [4.78, 5) is 8.59. The standard InChI is InChI=1S/C13H11N3S2/c14-10-1-2-11-12(7-10)18-13(16-11)17-8-9-3-5-15-6-4-9/h1-7H,8,14H2. The summed E-state index contributed by atoms with van der Waals surface area (Å²) in [6, 6.07) is 9.89. The minimum atomic E-state index is 0.789. The molecule has 18 heavy (non-hydrogen) atoms. The number of nitrogen functional groups attached to an aromatic ring is 1. The summed E-state index contributed by atoms with van der Waals surface area (Å²) in [6.45, 7) is 0. The Kier molecular flexibility index (Phi) is 3.17. The van der Waals surface area contributed by atoms with Gasteiger partial charge in [-0.25, -0.2) is 4.98 Å². The first kappa shape index (κ1) is 11.5. The molecule has 2 N–H and O–H groups in total. The van der Waals surface area contributed by atoms with Crippen molar-refractivity contribution in [1.29, 1.82) is 0 Å². The summed E-state index contributed by atoms with van der Waals surface area (Å²) >= 11 is 3.43. The minimum absolute atomic E-state index is 0.789. The zero-order valence-corrected chi connectivity index (χ0v) is 11.2. The summed E-state index contributed by atoms with van der Waals surface area (Å²) in [6.07, 6.45) is 3.63. The van der Waals surface area contributed by atoms with E-state index in [1.807, 2.05) is 42.7 Å². The van der Waals surface area contributed by atoms with Gasteiger partial charge in [-0.3, -0.25) is 4.98 Å². The number of benzene rings is 1. The van der Waals surface area contributed by atoms with Crippen LogP contribution in [-0.2, 0) is 5.75 Å². The van der Waals surface area contributed by atoms with Crippen LogP contribution in [0.2, 0.25) is 0 Å². The lowest BCUT2D eigenvalue weighted by atomic mass is 10.3. The number of thiazole rings is 1. The Morgan fingerprint density at radius 1 is 1.17 bits per heavy atom.